The van der Waals surface area contributed by atoms with Crippen molar-refractivity contribution < 1.29 is 9.47 Å². The number of benzene rings is 1. The molecule has 0 bridgehead atoms. The molecule has 0 aromatic heterocycles. The monoisotopic (exact) mass is 314 g/mol. The molecule has 1 aromatic rings. The first-order valence-corrected chi connectivity index (χ1v) is 7.08. The number of ether oxygens (including phenoxy) is 2. The second kappa shape index (κ2) is 6.33. The average molecular weight is 314 g/mol. The van der Waals surface area contributed by atoms with Crippen LogP contribution in [0.15, 0.2) is 39.4 Å². The number of nitrogens with two attached hydrogens (primary N) is 2. The largest absolute Gasteiger partial charge is 0.497 e. The third-order valence-electron chi connectivity index (χ3n) is 3.32. The molecule has 0 saturated heterocycles. The highest BCUT2D eigenvalue weighted by Crippen LogP contribution is 2.45. The molecule has 1 heterocycles. The van der Waals surface area contributed by atoms with Gasteiger partial charge in [0.15, 0.2) is 0 Å². The van der Waals surface area contributed by atoms with Crippen molar-refractivity contribution in [3.05, 3.63) is 45.0 Å². The van der Waals surface area contributed by atoms with E-state index in [4.69, 9.17) is 20.9 Å². The van der Waals surface area contributed by atoms with Crippen LogP contribution in [0, 0.1) is 22.7 Å². The number of thioether (sulfide) groups is 1. The number of rotatable bonds is 3. The maximum atomic E-state index is 9.42. The summed E-state index contributed by atoms with van der Waals surface area (Å²) in [4.78, 5) is 0. The predicted octanol–water partition coefficient (Wildman–Crippen LogP) is 1.92. The van der Waals surface area contributed by atoms with E-state index < -0.39 is 5.92 Å². The van der Waals surface area contributed by atoms with E-state index in [1.807, 2.05) is 0 Å². The van der Waals surface area contributed by atoms with Crippen LogP contribution in [0.1, 0.15) is 11.5 Å². The van der Waals surface area contributed by atoms with Crippen molar-refractivity contribution in [3.8, 4) is 23.6 Å². The van der Waals surface area contributed by atoms with Crippen molar-refractivity contribution in [2.75, 3.05) is 14.2 Å². The van der Waals surface area contributed by atoms with Gasteiger partial charge in [0.2, 0.25) is 0 Å². The molecule has 22 heavy (non-hydrogen) atoms. The van der Waals surface area contributed by atoms with Crippen LogP contribution in [0.25, 0.3) is 0 Å². The van der Waals surface area contributed by atoms with Crippen molar-refractivity contribution >= 4 is 11.8 Å². The molecule has 112 valence electrons. The highest BCUT2D eigenvalue weighted by molar-refractivity contribution is 8.06. The van der Waals surface area contributed by atoms with Crippen molar-refractivity contribution in [3.63, 3.8) is 0 Å². The zero-order valence-corrected chi connectivity index (χ0v) is 12.9. The van der Waals surface area contributed by atoms with Gasteiger partial charge in [-0.05, 0) is 6.07 Å². The van der Waals surface area contributed by atoms with Crippen molar-refractivity contribution in [2.45, 2.75) is 5.92 Å². The Kier molecular flexibility index (Phi) is 4.50. The molecule has 2 rings (SSSR count). The summed E-state index contributed by atoms with van der Waals surface area (Å²) in [6.07, 6.45) is 0. The first-order valence-electron chi connectivity index (χ1n) is 6.26. The summed E-state index contributed by atoms with van der Waals surface area (Å²) in [5, 5.41) is 19.4. The van der Waals surface area contributed by atoms with Gasteiger partial charge >= 0.3 is 0 Å². The molecule has 0 unspecified atom stereocenters. The van der Waals surface area contributed by atoms with Crippen LogP contribution in [0.3, 0.4) is 0 Å². The van der Waals surface area contributed by atoms with Gasteiger partial charge in [0, 0.05) is 11.6 Å². The van der Waals surface area contributed by atoms with Crippen LogP contribution < -0.4 is 20.9 Å². The molecular weight excluding hydrogens is 300 g/mol. The number of hydrogen-bond donors (Lipinski definition) is 2. The lowest BCUT2D eigenvalue weighted by molar-refractivity contribution is 0.390. The summed E-state index contributed by atoms with van der Waals surface area (Å²) in [5.41, 5.74) is 13.0. The summed E-state index contributed by atoms with van der Waals surface area (Å²) in [6, 6.07) is 9.31. The van der Waals surface area contributed by atoms with Gasteiger partial charge in [-0.1, -0.05) is 17.8 Å². The number of hydrogen-bond acceptors (Lipinski definition) is 7. The van der Waals surface area contributed by atoms with Gasteiger partial charge in [0.05, 0.1) is 53.5 Å². The highest BCUT2D eigenvalue weighted by Gasteiger charge is 2.33. The van der Waals surface area contributed by atoms with Gasteiger partial charge in [-0.15, -0.1) is 0 Å². The van der Waals surface area contributed by atoms with Crippen LogP contribution in [0.4, 0.5) is 0 Å². The van der Waals surface area contributed by atoms with E-state index in [-0.39, 0.29) is 0 Å². The topological polar surface area (TPSA) is 118 Å². The molecule has 1 aromatic carbocycles. The summed E-state index contributed by atoms with van der Waals surface area (Å²) in [6.45, 7) is 0. The van der Waals surface area contributed by atoms with Crippen molar-refractivity contribution in [1.29, 1.82) is 10.5 Å². The van der Waals surface area contributed by atoms with Gasteiger partial charge in [-0.25, -0.2) is 0 Å². The molecule has 0 saturated carbocycles. The lowest BCUT2D eigenvalue weighted by Crippen LogP contribution is -2.18. The van der Waals surface area contributed by atoms with E-state index in [9.17, 15) is 10.5 Å². The van der Waals surface area contributed by atoms with Gasteiger partial charge in [0.25, 0.3) is 0 Å². The molecule has 4 N–H and O–H groups in total. The number of methoxy groups -OCH3 is 2. The molecule has 6 nitrogen and oxygen atoms in total. The first kappa shape index (κ1) is 15.6. The van der Waals surface area contributed by atoms with E-state index in [0.717, 1.165) is 11.8 Å². The van der Waals surface area contributed by atoms with Crippen molar-refractivity contribution in [2.24, 2.45) is 11.5 Å². The molecule has 1 aliphatic rings. The SMILES string of the molecule is COc1ccc(C2C(C#N)=C(N)SC(N)=C2C#N)c(OC)c1. The van der Waals surface area contributed by atoms with Crippen LogP contribution in [0.5, 0.6) is 11.5 Å². The molecule has 0 spiro atoms. The standard InChI is InChI=1S/C15H14N4O2S/c1-20-8-3-4-9(12(5-8)21-2)13-10(6-16)14(18)22-15(19)11(13)7-17/h3-5,13H,18-19H2,1-2H3. The third-order valence-corrected chi connectivity index (χ3v) is 4.20. The Morgan fingerprint density at radius 1 is 1.05 bits per heavy atom. The van der Waals surface area contributed by atoms with E-state index in [1.54, 1.807) is 25.3 Å². The Morgan fingerprint density at radius 2 is 1.64 bits per heavy atom. The number of allylic oxidation sites excluding steroid dienone is 2. The zero-order valence-electron chi connectivity index (χ0n) is 12.1. The minimum absolute atomic E-state index is 0.291. The lowest BCUT2D eigenvalue weighted by atomic mass is 9.85. The minimum atomic E-state index is -0.642. The minimum Gasteiger partial charge on any atom is -0.497 e. The second-order valence-electron chi connectivity index (χ2n) is 4.42. The lowest BCUT2D eigenvalue weighted by Gasteiger charge is -2.25. The third kappa shape index (κ3) is 2.54. The number of nitrogens with zero attached hydrogens (tertiary/aromatic N) is 2. The Hall–Kier alpha value is -2.77. The van der Waals surface area contributed by atoms with Crippen LogP contribution in [0.2, 0.25) is 0 Å². The summed E-state index contributed by atoms with van der Waals surface area (Å²) >= 11 is 1.03. The second-order valence-corrected chi connectivity index (χ2v) is 5.51. The van der Waals surface area contributed by atoms with E-state index in [2.05, 4.69) is 12.1 Å². The maximum absolute atomic E-state index is 9.42. The van der Waals surface area contributed by atoms with Gasteiger partial charge in [0.1, 0.15) is 11.5 Å². The van der Waals surface area contributed by atoms with E-state index in [0.29, 0.717) is 38.3 Å². The van der Waals surface area contributed by atoms with Crippen molar-refractivity contribution in [1.82, 2.24) is 0 Å². The Labute approximate surface area is 132 Å². The first-order chi connectivity index (χ1) is 10.6. The fraction of sp³-hybridized carbons (Fsp3) is 0.200. The molecule has 0 aliphatic carbocycles. The van der Waals surface area contributed by atoms with Crippen LogP contribution >= 0.6 is 11.8 Å². The van der Waals surface area contributed by atoms with Crippen LogP contribution in [-0.2, 0) is 0 Å². The maximum Gasteiger partial charge on any atom is 0.126 e. The molecule has 1 aliphatic heterocycles. The van der Waals surface area contributed by atoms with Gasteiger partial charge < -0.3 is 20.9 Å². The Bertz CT molecular complexity index is 720. The predicted molar refractivity (Wildman–Crippen MR) is 83.5 cm³/mol. The van der Waals surface area contributed by atoms with E-state index in [1.165, 1.54) is 7.11 Å². The fourth-order valence-corrected chi connectivity index (χ4v) is 3.05. The Balaban J connectivity index is 2.69. The van der Waals surface area contributed by atoms with Gasteiger partial charge in [-0.2, -0.15) is 10.5 Å². The quantitative estimate of drug-likeness (QED) is 0.874. The molecule has 0 radical (unpaired) electrons. The zero-order chi connectivity index (χ0) is 16.3. The molecule has 0 fully saturated rings. The van der Waals surface area contributed by atoms with Gasteiger partial charge in [-0.3, -0.25) is 0 Å². The Morgan fingerprint density at radius 3 is 2.09 bits per heavy atom. The molecule has 7 heteroatoms. The molecule has 0 atom stereocenters. The summed E-state index contributed by atoms with van der Waals surface area (Å²) in [7, 11) is 3.05. The summed E-state index contributed by atoms with van der Waals surface area (Å²) < 4.78 is 10.5. The van der Waals surface area contributed by atoms with Crippen LogP contribution in [-0.4, -0.2) is 14.2 Å². The average Bonchev–Trinajstić information content (AvgIpc) is 2.53. The fourth-order valence-electron chi connectivity index (χ4n) is 2.26. The number of nitriles is 2. The normalized spacial score (nSPS) is 15.3. The molecule has 0 amide bonds. The molecular formula is C15H14N4O2S. The van der Waals surface area contributed by atoms with E-state index >= 15 is 0 Å². The summed E-state index contributed by atoms with van der Waals surface area (Å²) in [5.74, 6) is 0.464. The smallest absolute Gasteiger partial charge is 0.126 e. The highest BCUT2D eigenvalue weighted by atomic mass is 32.2.